The maximum Gasteiger partial charge on any atom is 0.338 e. The number of ether oxygens (including phenoxy) is 2. The molecule has 3 aromatic rings. The summed E-state index contributed by atoms with van der Waals surface area (Å²) in [6, 6.07) is 20.8. The zero-order valence-corrected chi connectivity index (χ0v) is 20.0. The first kappa shape index (κ1) is 24.9. The molecule has 0 aliphatic heterocycles. The number of carbonyl (C=O) groups excluding carboxylic acids is 3. The van der Waals surface area contributed by atoms with Crippen molar-refractivity contribution in [3.8, 4) is 5.75 Å². The lowest BCUT2D eigenvalue weighted by molar-refractivity contribution is -0.115. The highest BCUT2D eigenvalue weighted by Gasteiger charge is 2.16. The van der Waals surface area contributed by atoms with E-state index in [1.165, 1.54) is 11.8 Å². The standard InChI is InChI=1S/C26H26N2O5S/c1-4-33-26(31)18-11-13-20(14-12-18)27-24(29)17(2)34-23-10-6-8-21(16-23)28-25(30)19-7-5-9-22(15-19)32-3/h5-17H,4H2,1-3H3,(H,27,29)(H,28,30). The molecule has 0 aliphatic rings. The molecule has 0 saturated carbocycles. The average molecular weight is 479 g/mol. The number of carbonyl (C=O) groups is 3. The number of methoxy groups -OCH3 is 1. The summed E-state index contributed by atoms with van der Waals surface area (Å²) in [4.78, 5) is 37.8. The molecule has 0 fully saturated rings. The first-order valence-electron chi connectivity index (χ1n) is 10.7. The van der Waals surface area contributed by atoms with Gasteiger partial charge in [-0.15, -0.1) is 11.8 Å². The molecular weight excluding hydrogens is 452 g/mol. The number of esters is 1. The van der Waals surface area contributed by atoms with Crippen LogP contribution in [0.15, 0.2) is 77.7 Å². The van der Waals surface area contributed by atoms with Crippen LogP contribution in [0.2, 0.25) is 0 Å². The van der Waals surface area contributed by atoms with E-state index in [1.807, 2.05) is 18.2 Å². The Morgan fingerprint density at radius 2 is 1.62 bits per heavy atom. The molecule has 1 unspecified atom stereocenters. The summed E-state index contributed by atoms with van der Waals surface area (Å²) in [5, 5.41) is 5.32. The molecule has 0 bridgehead atoms. The molecule has 0 saturated heterocycles. The van der Waals surface area contributed by atoms with E-state index in [0.29, 0.717) is 34.9 Å². The Labute approximate surface area is 202 Å². The summed E-state index contributed by atoms with van der Waals surface area (Å²) in [5.74, 6) is -0.229. The van der Waals surface area contributed by atoms with Gasteiger partial charge >= 0.3 is 5.97 Å². The van der Waals surface area contributed by atoms with Gasteiger partial charge in [0, 0.05) is 21.8 Å². The fourth-order valence-corrected chi connectivity index (χ4v) is 3.95. The van der Waals surface area contributed by atoms with E-state index in [2.05, 4.69) is 10.6 Å². The Morgan fingerprint density at radius 3 is 2.32 bits per heavy atom. The Balaban J connectivity index is 1.58. The van der Waals surface area contributed by atoms with Crippen LogP contribution >= 0.6 is 11.8 Å². The topological polar surface area (TPSA) is 93.7 Å². The molecular formula is C26H26N2O5S. The second-order valence-electron chi connectivity index (χ2n) is 7.26. The lowest BCUT2D eigenvalue weighted by Crippen LogP contribution is -2.22. The molecule has 176 valence electrons. The van der Waals surface area contributed by atoms with E-state index >= 15 is 0 Å². The van der Waals surface area contributed by atoms with Crippen LogP contribution in [0, 0.1) is 0 Å². The van der Waals surface area contributed by atoms with Crippen LogP contribution in [0.5, 0.6) is 5.75 Å². The summed E-state index contributed by atoms with van der Waals surface area (Å²) in [6.07, 6.45) is 0. The van der Waals surface area contributed by atoms with Gasteiger partial charge in [-0.3, -0.25) is 9.59 Å². The van der Waals surface area contributed by atoms with Crippen molar-refractivity contribution in [3.63, 3.8) is 0 Å². The highest BCUT2D eigenvalue weighted by atomic mass is 32.2. The second-order valence-corrected chi connectivity index (χ2v) is 8.68. The minimum Gasteiger partial charge on any atom is -0.497 e. The molecule has 3 aromatic carbocycles. The monoisotopic (exact) mass is 478 g/mol. The summed E-state index contributed by atoms with van der Waals surface area (Å²) in [6.45, 7) is 3.85. The fourth-order valence-electron chi connectivity index (χ4n) is 3.02. The normalized spacial score (nSPS) is 11.3. The van der Waals surface area contributed by atoms with Gasteiger partial charge in [0.05, 0.1) is 24.5 Å². The maximum absolute atomic E-state index is 12.6. The van der Waals surface area contributed by atoms with Gasteiger partial charge in [0.1, 0.15) is 5.75 Å². The van der Waals surface area contributed by atoms with Crippen molar-refractivity contribution >= 4 is 40.9 Å². The molecule has 34 heavy (non-hydrogen) atoms. The number of amides is 2. The Kier molecular flexibility index (Phi) is 8.70. The highest BCUT2D eigenvalue weighted by Crippen LogP contribution is 2.27. The van der Waals surface area contributed by atoms with Crippen molar-refractivity contribution < 1.29 is 23.9 Å². The zero-order valence-electron chi connectivity index (χ0n) is 19.2. The van der Waals surface area contributed by atoms with Crippen molar-refractivity contribution in [1.82, 2.24) is 0 Å². The van der Waals surface area contributed by atoms with Crippen molar-refractivity contribution in [3.05, 3.63) is 83.9 Å². The quantitative estimate of drug-likeness (QED) is 0.323. The summed E-state index contributed by atoms with van der Waals surface area (Å²) < 4.78 is 10.1. The SMILES string of the molecule is CCOC(=O)c1ccc(NC(=O)C(C)Sc2cccc(NC(=O)c3cccc(OC)c3)c2)cc1. The Bertz CT molecular complexity index is 1160. The second kappa shape index (κ2) is 11.9. The molecule has 0 radical (unpaired) electrons. The third-order valence-corrected chi connectivity index (χ3v) is 5.86. The van der Waals surface area contributed by atoms with Gasteiger partial charge in [-0.1, -0.05) is 12.1 Å². The molecule has 2 N–H and O–H groups in total. The number of rotatable bonds is 9. The number of hydrogen-bond acceptors (Lipinski definition) is 6. The number of nitrogens with one attached hydrogen (secondary N) is 2. The smallest absolute Gasteiger partial charge is 0.338 e. The Morgan fingerprint density at radius 1 is 0.882 bits per heavy atom. The van der Waals surface area contributed by atoms with Crippen LogP contribution < -0.4 is 15.4 Å². The lowest BCUT2D eigenvalue weighted by atomic mass is 10.2. The maximum atomic E-state index is 12.6. The first-order valence-corrected chi connectivity index (χ1v) is 11.6. The van der Waals surface area contributed by atoms with Gasteiger partial charge in [-0.25, -0.2) is 4.79 Å². The van der Waals surface area contributed by atoms with Gasteiger partial charge in [-0.2, -0.15) is 0 Å². The van der Waals surface area contributed by atoms with Crippen molar-refractivity contribution in [2.75, 3.05) is 24.4 Å². The van der Waals surface area contributed by atoms with Crippen molar-refractivity contribution in [1.29, 1.82) is 0 Å². The summed E-state index contributed by atoms with van der Waals surface area (Å²) in [5.41, 5.74) is 2.12. The van der Waals surface area contributed by atoms with Crippen LogP contribution in [0.4, 0.5) is 11.4 Å². The van der Waals surface area contributed by atoms with Crippen LogP contribution in [0.3, 0.4) is 0 Å². The van der Waals surface area contributed by atoms with Gasteiger partial charge in [0.25, 0.3) is 5.91 Å². The van der Waals surface area contributed by atoms with Crippen LogP contribution in [0.25, 0.3) is 0 Å². The van der Waals surface area contributed by atoms with E-state index in [1.54, 1.807) is 75.6 Å². The minimum atomic E-state index is -0.400. The third kappa shape index (κ3) is 6.86. The molecule has 2 amide bonds. The van der Waals surface area contributed by atoms with Crippen LogP contribution in [0.1, 0.15) is 34.6 Å². The van der Waals surface area contributed by atoms with E-state index in [4.69, 9.17) is 9.47 Å². The predicted molar refractivity (Wildman–Crippen MR) is 134 cm³/mol. The number of benzene rings is 3. The molecule has 0 heterocycles. The van der Waals surface area contributed by atoms with Crippen LogP contribution in [-0.2, 0) is 9.53 Å². The van der Waals surface area contributed by atoms with Crippen LogP contribution in [-0.4, -0.2) is 36.8 Å². The highest BCUT2D eigenvalue weighted by molar-refractivity contribution is 8.00. The molecule has 1 atom stereocenters. The molecule has 7 nitrogen and oxygen atoms in total. The zero-order chi connectivity index (χ0) is 24.5. The van der Waals surface area contributed by atoms with Gasteiger partial charge in [0.2, 0.25) is 5.91 Å². The number of thioether (sulfide) groups is 1. The number of anilines is 2. The first-order chi connectivity index (χ1) is 16.4. The molecule has 0 aliphatic carbocycles. The largest absolute Gasteiger partial charge is 0.497 e. The average Bonchev–Trinajstić information content (AvgIpc) is 2.84. The lowest BCUT2D eigenvalue weighted by Gasteiger charge is -2.13. The summed E-state index contributed by atoms with van der Waals surface area (Å²) in [7, 11) is 1.55. The Hall–Kier alpha value is -3.78. The molecule has 8 heteroatoms. The minimum absolute atomic E-state index is 0.181. The van der Waals surface area contributed by atoms with Gasteiger partial charge in [0.15, 0.2) is 0 Å². The van der Waals surface area contributed by atoms with Gasteiger partial charge in [-0.05, 0) is 74.5 Å². The van der Waals surface area contributed by atoms with E-state index in [9.17, 15) is 14.4 Å². The third-order valence-electron chi connectivity index (χ3n) is 4.77. The van der Waals surface area contributed by atoms with E-state index in [0.717, 1.165) is 4.90 Å². The molecule has 0 aromatic heterocycles. The van der Waals surface area contributed by atoms with Crippen molar-refractivity contribution in [2.24, 2.45) is 0 Å². The van der Waals surface area contributed by atoms with E-state index in [-0.39, 0.29) is 11.8 Å². The van der Waals surface area contributed by atoms with Crippen molar-refractivity contribution in [2.45, 2.75) is 24.0 Å². The van der Waals surface area contributed by atoms with E-state index < -0.39 is 11.2 Å². The predicted octanol–water partition coefficient (Wildman–Crippen LogP) is 5.24. The summed E-state index contributed by atoms with van der Waals surface area (Å²) >= 11 is 1.37. The molecule has 0 spiro atoms. The molecule has 3 rings (SSSR count). The van der Waals surface area contributed by atoms with Gasteiger partial charge < -0.3 is 20.1 Å². The fraction of sp³-hybridized carbons (Fsp3) is 0.192. The number of hydrogen-bond donors (Lipinski definition) is 2.